The lowest BCUT2D eigenvalue weighted by molar-refractivity contribution is 0.0697. The number of anilines is 1. The summed E-state index contributed by atoms with van der Waals surface area (Å²) in [6.07, 6.45) is 2.29. The summed E-state index contributed by atoms with van der Waals surface area (Å²) in [5, 5.41) is 12.6. The van der Waals surface area contributed by atoms with Crippen molar-refractivity contribution in [3.05, 3.63) is 29.3 Å². The fraction of sp³-hybridized carbons (Fsp3) is 0.562. The highest BCUT2D eigenvalue weighted by Gasteiger charge is 2.28. The SMILES string of the molecule is Cc1ccc(NCC2(C)CCN(C)CC2)c(C(=O)O)c1. The molecule has 0 saturated carbocycles. The van der Waals surface area contributed by atoms with E-state index in [-0.39, 0.29) is 5.41 Å². The van der Waals surface area contributed by atoms with Crippen LogP contribution in [0.3, 0.4) is 0 Å². The smallest absolute Gasteiger partial charge is 0.337 e. The molecule has 0 aromatic heterocycles. The second-order valence-electron chi connectivity index (χ2n) is 6.32. The number of nitrogens with zero attached hydrogens (tertiary/aromatic N) is 1. The van der Waals surface area contributed by atoms with Crippen molar-refractivity contribution in [2.45, 2.75) is 26.7 Å². The Morgan fingerprint density at radius 2 is 2.05 bits per heavy atom. The molecule has 2 N–H and O–H groups in total. The van der Waals surface area contributed by atoms with Crippen LogP contribution < -0.4 is 5.32 Å². The minimum Gasteiger partial charge on any atom is -0.478 e. The molecule has 1 aromatic carbocycles. The largest absolute Gasteiger partial charge is 0.478 e. The highest BCUT2D eigenvalue weighted by molar-refractivity contribution is 5.94. The molecule has 1 aliphatic heterocycles. The third kappa shape index (κ3) is 3.51. The third-order valence-corrected chi connectivity index (χ3v) is 4.31. The van der Waals surface area contributed by atoms with Crippen molar-refractivity contribution in [3.8, 4) is 0 Å². The molecule has 1 fully saturated rings. The molecule has 4 nitrogen and oxygen atoms in total. The molecule has 2 rings (SSSR count). The summed E-state index contributed by atoms with van der Waals surface area (Å²) in [7, 11) is 2.15. The molecule has 0 bridgehead atoms. The van der Waals surface area contributed by atoms with E-state index in [1.54, 1.807) is 6.07 Å². The van der Waals surface area contributed by atoms with Gasteiger partial charge in [0.2, 0.25) is 0 Å². The molecule has 0 spiro atoms. The lowest BCUT2D eigenvalue weighted by Crippen LogP contribution is -2.40. The van der Waals surface area contributed by atoms with Crippen molar-refractivity contribution < 1.29 is 9.90 Å². The maximum absolute atomic E-state index is 11.3. The van der Waals surface area contributed by atoms with E-state index in [4.69, 9.17) is 0 Å². The normalized spacial score (nSPS) is 18.8. The molecule has 0 atom stereocenters. The number of hydrogen-bond acceptors (Lipinski definition) is 3. The lowest BCUT2D eigenvalue weighted by Gasteiger charge is -2.38. The first-order chi connectivity index (χ1) is 9.39. The Morgan fingerprint density at radius 3 is 2.65 bits per heavy atom. The molecular weight excluding hydrogens is 252 g/mol. The summed E-state index contributed by atoms with van der Waals surface area (Å²) < 4.78 is 0. The summed E-state index contributed by atoms with van der Waals surface area (Å²) in [5.74, 6) is -0.871. The number of nitrogens with one attached hydrogen (secondary N) is 1. The number of carboxylic acids is 1. The van der Waals surface area contributed by atoms with Gasteiger partial charge in [-0.2, -0.15) is 0 Å². The van der Waals surface area contributed by atoms with Gasteiger partial charge in [0.05, 0.1) is 5.56 Å². The van der Waals surface area contributed by atoms with Crippen LogP contribution in [0.15, 0.2) is 18.2 Å². The van der Waals surface area contributed by atoms with E-state index in [0.717, 1.165) is 43.7 Å². The van der Waals surface area contributed by atoms with Crippen molar-refractivity contribution in [2.24, 2.45) is 5.41 Å². The number of benzene rings is 1. The van der Waals surface area contributed by atoms with E-state index in [2.05, 4.69) is 24.2 Å². The van der Waals surface area contributed by atoms with Crippen LogP contribution in [0.2, 0.25) is 0 Å². The van der Waals surface area contributed by atoms with Gasteiger partial charge < -0.3 is 15.3 Å². The number of piperidine rings is 1. The standard InChI is InChI=1S/C16H24N2O2/c1-12-4-5-14(13(10-12)15(19)20)17-11-16(2)6-8-18(3)9-7-16/h4-5,10,17H,6-9,11H2,1-3H3,(H,19,20). The second-order valence-corrected chi connectivity index (χ2v) is 6.32. The molecule has 1 heterocycles. The van der Waals surface area contributed by atoms with Crippen LogP contribution >= 0.6 is 0 Å². The van der Waals surface area contributed by atoms with Crippen molar-refractivity contribution in [2.75, 3.05) is 32.0 Å². The predicted octanol–water partition coefficient (Wildman–Crippen LogP) is 2.84. The van der Waals surface area contributed by atoms with Crippen LogP contribution in [0.4, 0.5) is 5.69 Å². The van der Waals surface area contributed by atoms with E-state index in [9.17, 15) is 9.90 Å². The van der Waals surface area contributed by atoms with Crippen molar-refractivity contribution in [1.29, 1.82) is 0 Å². The molecule has 4 heteroatoms. The van der Waals surface area contributed by atoms with Gasteiger partial charge in [0.15, 0.2) is 0 Å². The van der Waals surface area contributed by atoms with Crippen LogP contribution in [-0.2, 0) is 0 Å². The van der Waals surface area contributed by atoms with Gasteiger partial charge in [-0.05, 0) is 57.5 Å². The zero-order valence-electron chi connectivity index (χ0n) is 12.6. The highest BCUT2D eigenvalue weighted by Crippen LogP contribution is 2.31. The maximum atomic E-state index is 11.3. The topological polar surface area (TPSA) is 52.6 Å². The lowest BCUT2D eigenvalue weighted by atomic mass is 9.80. The van der Waals surface area contributed by atoms with Gasteiger partial charge in [-0.1, -0.05) is 18.6 Å². The molecule has 20 heavy (non-hydrogen) atoms. The minimum atomic E-state index is -0.871. The average Bonchev–Trinajstić information content (AvgIpc) is 2.41. The Labute approximate surface area is 120 Å². The van der Waals surface area contributed by atoms with Crippen molar-refractivity contribution in [1.82, 2.24) is 4.90 Å². The fourth-order valence-electron chi connectivity index (χ4n) is 2.63. The van der Waals surface area contributed by atoms with Gasteiger partial charge in [0.25, 0.3) is 0 Å². The van der Waals surface area contributed by atoms with E-state index < -0.39 is 5.97 Å². The van der Waals surface area contributed by atoms with Crippen LogP contribution in [0.5, 0.6) is 0 Å². The number of aromatic carboxylic acids is 1. The highest BCUT2D eigenvalue weighted by atomic mass is 16.4. The van der Waals surface area contributed by atoms with E-state index in [0.29, 0.717) is 5.56 Å². The zero-order chi connectivity index (χ0) is 14.8. The molecule has 1 aromatic rings. The molecule has 0 unspecified atom stereocenters. The van der Waals surface area contributed by atoms with Gasteiger partial charge in [0.1, 0.15) is 0 Å². The van der Waals surface area contributed by atoms with Gasteiger partial charge >= 0.3 is 5.97 Å². The Bertz CT molecular complexity index is 491. The summed E-state index contributed by atoms with van der Waals surface area (Å²) in [6, 6.07) is 5.55. The van der Waals surface area contributed by atoms with Gasteiger partial charge in [-0.3, -0.25) is 0 Å². The van der Waals surface area contributed by atoms with Crippen molar-refractivity contribution in [3.63, 3.8) is 0 Å². The first-order valence-corrected chi connectivity index (χ1v) is 7.16. The van der Waals surface area contributed by atoms with Gasteiger partial charge in [-0.15, -0.1) is 0 Å². The number of carboxylic acid groups (broad SMARTS) is 1. The Morgan fingerprint density at radius 1 is 1.40 bits per heavy atom. The quantitative estimate of drug-likeness (QED) is 0.888. The second kappa shape index (κ2) is 5.83. The number of rotatable bonds is 4. The Balaban J connectivity index is 2.05. The van der Waals surface area contributed by atoms with Crippen LogP contribution in [-0.4, -0.2) is 42.7 Å². The predicted molar refractivity (Wildman–Crippen MR) is 81.5 cm³/mol. The molecule has 0 radical (unpaired) electrons. The van der Waals surface area contributed by atoms with Gasteiger partial charge in [-0.25, -0.2) is 4.79 Å². The third-order valence-electron chi connectivity index (χ3n) is 4.31. The Hall–Kier alpha value is -1.55. The molecule has 110 valence electrons. The summed E-state index contributed by atoms with van der Waals surface area (Å²) in [4.78, 5) is 13.6. The first-order valence-electron chi connectivity index (χ1n) is 7.16. The molecule has 1 saturated heterocycles. The van der Waals surface area contributed by atoms with Crippen LogP contribution in [0.1, 0.15) is 35.7 Å². The fourth-order valence-corrected chi connectivity index (χ4v) is 2.63. The van der Waals surface area contributed by atoms with Crippen molar-refractivity contribution >= 4 is 11.7 Å². The van der Waals surface area contributed by atoms with Crippen LogP contribution in [0.25, 0.3) is 0 Å². The monoisotopic (exact) mass is 276 g/mol. The maximum Gasteiger partial charge on any atom is 0.337 e. The molecular formula is C16H24N2O2. The molecule has 0 amide bonds. The first kappa shape index (κ1) is 14.9. The summed E-state index contributed by atoms with van der Waals surface area (Å²) in [6.45, 7) is 7.23. The number of aryl methyl sites for hydroxylation is 1. The summed E-state index contributed by atoms with van der Waals surface area (Å²) in [5.41, 5.74) is 2.30. The van der Waals surface area contributed by atoms with Crippen LogP contribution in [0, 0.1) is 12.3 Å². The number of likely N-dealkylation sites (tertiary alicyclic amines) is 1. The Kier molecular flexibility index (Phi) is 4.33. The zero-order valence-corrected chi connectivity index (χ0v) is 12.6. The minimum absolute atomic E-state index is 0.243. The number of carbonyl (C=O) groups is 1. The number of hydrogen-bond donors (Lipinski definition) is 2. The molecule has 0 aliphatic carbocycles. The van der Waals surface area contributed by atoms with E-state index in [1.807, 2.05) is 19.1 Å². The van der Waals surface area contributed by atoms with E-state index in [1.165, 1.54) is 0 Å². The average molecular weight is 276 g/mol. The van der Waals surface area contributed by atoms with E-state index >= 15 is 0 Å². The van der Waals surface area contributed by atoms with Gasteiger partial charge in [0, 0.05) is 12.2 Å². The summed E-state index contributed by atoms with van der Waals surface area (Å²) >= 11 is 0. The molecule has 1 aliphatic rings.